The van der Waals surface area contributed by atoms with Crippen LogP contribution in [0.5, 0.6) is 0 Å². The highest BCUT2D eigenvalue weighted by atomic mass is 19.1. The molecular formula is C17H18FN3O. The largest absolute Gasteiger partial charge is 0.322 e. The van der Waals surface area contributed by atoms with Crippen molar-refractivity contribution in [2.24, 2.45) is 5.92 Å². The van der Waals surface area contributed by atoms with E-state index < -0.39 is 0 Å². The number of Topliss-reactive ketones (excluding diaryl/α,β-unsaturated/α-hetero) is 1. The molecule has 2 aromatic heterocycles. The van der Waals surface area contributed by atoms with Crippen LogP contribution in [0, 0.1) is 11.7 Å². The highest BCUT2D eigenvalue weighted by Crippen LogP contribution is 2.42. The molecule has 0 radical (unpaired) electrons. The first-order valence-corrected chi connectivity index (χ1v) is 7.94. The molecule has 0 bridgehead atoms. The maximum absolute atomic E-state index is 14.3. The zero-order chi connectivity index (χ0) is 15.1. The fourth-order valence-corrected chi connectivity index (χ4v) is 3.87. The number of imidazole rings is 1. The Hall–Kier alpha value is -2.04. The van der Waals surface area contributed by atoms with Gasteiger partial charge >= 0.3 is 0 Å². The van der Waals surface area contributed by atoms with Gasteiger partial charge in [-0.15, -0.1) is 0 Å². The van der Waals surface area contributed by atoms with Crippen LogP contribution in [0.4, 0.5) is 4.39 Å². The molecule has 5 heteroatoms. The molecule has 0 saturated heterocycles. The first kappa shape index (κ1) is 13.6. The molecule has 1 aliphatic heterocycles. The van der Waals surface area contributed by atoms with E-state index in [1.807, 2.05) is 4.57 Å². The van der Waals surface area contributed by atoms with E-state index in [4.69, 9.17) is 0 Å². The lowest BCUT2D eigenvalue weighted by molar-refractivity contribution is -0.124. The van der Waals surface area contributed by atoms with E-state index in [2.05, 4.69) is 9.97 Å². The van der Waals surface area contributed by atoms with Gasteiger partial charge in [0.05, 0.1) is 30.5 Å². The highest BCUT2D eigenvalue weighted by molar-refractivity contribution is 5.83. The third-order valence-electron chi connectivity index (χ3n) is 5.01. The molecule has 0 N–H and O–H groups in total. The van der Waals surface area contributed by atoms with Crippen LogP contribution in [0.3, 0.4) is 0 Å². The minimum absolute atomic E-state index is 0.148. The van der Waals surface area contributed by atoms with Gasteiger partial charge in [0, 0.05) is 29.7 Å². The number of carbonyl (C=O) groups excluding carboxylic acids is 1. The van der Waals surface area contributed by atoms with Gasteiger partial charge in [-0.3, -0.25) is 9.78 Å². The second-order valence-electron chi connectivity index (χ2n) is 6.29. The van der Waals surface area contributed by atoms with E-state index in [0.717, 1.165) is 36.9 Å². The van der Waals surface area contributed by atoms with E-state index in [1.54, 1.807) is 18.7 Å². The zero-order valence-corrected chi connectivity index (χ0v) is 12.3. The second-order valence-corrected chi connectivity index (χ2v) is 6.29. The Labute approximate surface area is 128 Å². The molecule has 1 fully saturated rings. The number of nitrogens with zero attached hydrogens (tertiary/aromatic N) is 3. The van der Waals surface area contributed by atoms with E-state index in [9.17, 15) is 9.18 Å². The molecule has 0 aromatic carbocycles. The van der Waals surface area contributed by atoms with E-state index in [1.165, 1.54) is 12.6 Å². The van der Waals surface area contributed by atoms with Crippen molar-refractivity contribution in [1.82, 2.24) is 14.5 Å². The van der Waals surface area contributed by atoms with Crippen LogP contribution in [-0.2, 0) is 4.79 Å². The second kappa shape index (κ2) is 5.30. The normalized spacial score (nSPS) is 20.7. The van der Waals surface area contributed by atoms with E-state index >= 15 is 0 Å². The summed E-state index contributed by atoms with van der Waals surface area (Å²) in [5.74, 6) is 0.0747. The smallest absolute Gasteiger partial charge is 0.147 e. The van der Waals surface area contributed by atoms with Crippen LogP contribution in [0.2, 0.25) is 0 Å². The highest BCUT2D eigenvalue weighted by Gasteiger charge is 2.34. The average molecular weight is 299 g/mol. The minimum Gasteiger partial charge on any atom is -0.322 e. The van der Waals surface area contributed by atoms with E-state index in [0.29, 0.717) is 12.0 Å². The number of rotatable bonds is 3. The SMILES string of the molecule is O=C(CC1c2c(F)cncc2-c2cncn21)C1CCCCC1. The number of aromatic nitrogens is 3. The number of hydrogen-bond donors (Lipinski definition) is 0. The van der Waals surface area contributed by atoms with Crippen molar-refractivity contribution in [2.75, 3.05) is 0 Å². The number of halogens is 1. The molecule has 3 heterocycles. The lowest BCUT2D eigenvalue weighted by Gasteiger charge is -2.22. The van der Waals surface area contributed by atoms with Crippen LogP contribution in [0.1, 0.15) is 50.1 Å². The molecule has 4 nitrogen and oxygen atoms in total. The molecule has 1 atom stereocenters. The molecule has 1 saturated carbocycles. The summed E-state index contributed by atoms with van der Waals surface area (Å²) in [7, 11) is 0. The third-order valence-corrected chi connectivity index (χ3v) is 5.01. The topological polar surface area (TPSA) is 47.8 Å². The van der Waals surface area contributed by atoms with Gasteiger partial charge in [-0.1, -0.05) is 19.3 Å². The van der Waals surface area contributed by atoms with Gasteiger partial charge in [0.15, 0.2) is 0 Å². The quantitative estimate of drug-likeness (QED) is 0.871. The first-order valence-electron chi connectivity index (χ1n) is 7.94. The summed E-state index contributed by atoms with van der Waals surface area (Å²) in [4.78, 5) is 20.7. The number of carbonyl (C=O) groups is 1. The molecule has 1 aliphatic carbocycles. The van der Waals surface area contributed by atoms with Gasteiger partial charge in [0.25, 0.3) is 0 Å². The summed E-state index contributed by atoms with van der Waals surface area (Å²) >= 11 is 0. The van der Waals surface area contributed by atoms with Crippen molar-refractivity contribution in [3.8, 4) is 11.3 Å². The fourth-order valence-electron chi connectivity index (χ4n) is 3.87. The predicted octanol–water partition coefficient (Wildman–Crippen LogP) is 3.53. The molecular weight excluding hydrogens is 281 g/mol. The van der Waals surface area contributed by atoms with E-state index in [-0.39, 0.29) is 23.6 Å². The van der Waals surface area contributed by atoms with Crippen molar-refractivity contribution < 1.29 is 9.18 Å². The molecule has 1 unspecified atom stereocenters. The first-order chi connectivity index (χ1) is 10.8. The summed E-state index contributed by atoms with van der Waals surface area (Å²) in [6.07, 6.45) is 12.1. The fraction of sp³-hybridized carbons (Fsp3) is 0.471. The van der Waals surface area contributed by atoms with Gasteiger partial charge in [0.1, 0.15) is 11.6 Å². The Bertz CT molecular complexity index is 718. The van der Waals surface area contributed by atoms with Crippen LogP contribution >= 0.6 is 0 Å². The Balaban J connectivity index is 1.66. The summed E-state index contributed by atoms with van der Waals surface area (Å²) in [5.41, 5.74) is 2.21. The van der Waals surface area contributed by atoms with Gasteiger partial charge in [-0.05, 0) is 12.8 Å². The summed E-state index contributed by atoms with van der Waals surface area (Å²) < 4.78 is 16.2. The van der Waals surface area contributed by atoms with Gasteiger partial charge < -0.3 is 4.57 Å². The monoisotopic (exact) mass is 299 g/mol. The minimum atomic E-state index is -0.331. The van der Waals surface area contributed by atoms with Gasteiger partial charge in [0.2, 0.25) is 0 Å². The van der Waals surface area contributed by atoms with Crippen LogP contribution < -0.4 is 0 Å². The Morgan fingerprint density at radius 2 is 2.00 bits per heavy atom. The molecule has 0 spiro atoms. The lowest BCUT2D eigenvalue weighted by Crippen LogP contribution is -2.21. The zero-order valence-electron chi connectivity index (χ0n) is 12.3. The Morgan fingerprint density at radius 3 is 2.82 bits per heavy atom. The number of hydrogen-bond acceptors (Lipinski definition) is 3. The van der Waals surface area contributed by atoms with Crippen molar-refractivity contribution in [2.45, 2.75) is 44.6 Å². The maximum Gasteiger partial charge on any atom is 0.147 e. The van der Waals surface area contributed by atoms with Gasteiger partial charge in [-0.25, -0.2) is 9.37 Å². The summed E-state index contributed by atoms with van der Waals surface area (Å²) in [5, 5.41) is 0. The summed E-state index contributed by atoms with van der Waals surface area (Å²) in [6.45, 7) is 0. The predicted molar refractivity (Wildman–Crippen MR) is 79.8 cm³/mol. The maximum atomic E-state index is 14.3. The van der Waals surface area contributed by atoms with Crippen molar-refractivity contribution >= 4 is 5.78 Å². The lowest BCUT2D eigenvalue weighted by atomic mass is 9.83. The van der Waals surface area contributed by atoms with Gasteiger partial charge in [-0.2, -0.15) is 0 Å². The molecule has 4 rings (SSSR count). The van der Waals surface area contributed by atoms with Crippen LogP contribution in [-0.4, -0.2) is 20.3 Å². The number of ketones is 1. The van der Waals surface area contributed by atoms with Crippen molar-refractivity contribution in [3.63, 3.8) is 0 Å². The Morgan fingerprint density at radius 1 is 1.18 bits per heavy atom. The van der Waals surface area contributed by atoms with Crippen molar-refractivity contribution in [1.29, 1.82) is 0 Å². The van der Waals surface area contributed by atoms with Crippen LogP contribution in [0.25, 0.3) is 11.3 Å². The molecule has 22 heavy (non-hydrogen) atoms. The molecule has 0 amide bonds. The number of fused-ring (bicyclic) bond motifs is 3. The molecule has 2 aliphatic rings. The van der Waals surface area contributed by atoms with Crippen LogP contribution in [0.15, 0.2) is 24.9 Å². The molecule has 114 valence electrons. The Kier molecular flexibility index (Phi) is 3.28. The summed E-state index contributed by atoms with van der Waals surface area (Å²) in [6, 6.07) is -0.273. The third kappa shape index (κ3) is 2.07. The average Bonchev–Trinajstić information content (AvgIpc) is 3.12. The number of pyridine rings is 1. The van der Waals surface area contributed by atoms with Crippen molar-refractivity contribution in [3.05, 3.63) is 36.3 Å². The standard InChI is InChI=1S/C17H18FN3O/c18-13-8-19-7-12-15-9-20-10-21(15)14(17(12)13)6-16(22)11-4-2-1-3-5-11/h7-11,14H,1-6H2. The molecule has 2 aromatic rings.